The number of carbonyl (C=O) groups excluding carboxylic acids is 2. The van der Waals surface area contributed by atoms with Crippen LogP contribution in [-0.4, -0.2) is 71.1 Å². The lowest BCUT2D eigenvalue weighted by Crippen LogP contribution is -2.56. The van der Waals surface area contributed by atoms with Crippen LogP contribution in [0.2, 0.25) is 25.7 Å². The first kappa shape index (κ1) is 39.9. The van der Waals surface area contributed by atoms with Crippen LogP contribution in [0.1, 0.15) is 70.4 Å². The molecule has 0 aliphatic carbocycles. The molecule has 268 valence electrons. The first-order chi connectivity index (χ1) is 23.2. The summed E-state index contributed by atoms with van der Waals surface area (Å²) in [5.74, 6) is -3.68. The second kappa shape index (κ2) is 17.9. The van der Waals surface area contributed by atoms with Gasteiger partial charge in [-0.25, -0.2) is 9.59 Å². The van der Waals surface area contributed by atoms with Crippen LogP contribution in [0.5, 0.6) is 0 Å². The smallest absolute Gasteiger partial charge is 0.407 e. The van der Waals surface area contributed by atoms with Gasteiger partial charge < -0.3 is 25.0 Å². The number of unbranched alkanes of at least 4 members (excludes halogenated alkanes) is 3. The SMILES string of the molecule is CCC[C@@](O)(C(=O)O)[C@H](C=CCCCCCNC(=O)OCC[Si](C)(C)C)C(=O)N1C(=S)OC(c2ccccc2)(c2ccccc2)[C@@H]1C(C)C. The molecule has 2 aromatic carbocycles. The molecule has 9 nitrogen and oxygen atoms in total. The fraction of sp³-hybridized carbons (Fsp3) is 0.526. The number of hydrogen-bond acceptors (Lipinski definition) is 7. The highest BCUT2D eigenvalue weighted by Gasteiger charge is 2.60. The lowest BCUT2D eigenvalue weighted by molar-refractivity contribution is -0.169. The van der Waals surface area contributed by atoms with Gasteiger partial charge in [0, 0.05) is 25.7 Å². The van der Waals surface area contributed by atoms with E-state index in [-0.39, 0.29) is 17.5 Å². The van der Waals surface area contributed by atoms with E-state index in [1.807, 2.05) is 74.5 Å². The Hall–Kier alpha value is -3.54. The number of aliphatic hydroxyl groups is 1. The van der Waals surface area contributed by atoms with Crippen molar-refractivity contribution in [3.05, 3.63) is 83.9 Å². The Balaban J connectivity index is 1.82. The van der Waals surface area contributed by atoms with Crippen LogP contribution < -0.4 is 5.32 Å². The second-order valence-electron chi connectivity index (χ2n) is 14.3. The van der Waals surface area contributed by atoms with E-state index in [2.05, 4.69) is 25.0 Å². The molecule has 0 bridgehead atoms. The molecule has 1 heterocycles. The van der Waals surface area contributed by atoms with Gasteiger partial charge in [0.05, 0.1) is 18.6 Å². The summed E-state index contributed by atoms with van der Waals surface area (Å²) < 4.78 is 11.9. The highest BCUT2D eigenvalue weighted by molar-refractivity contribution is 7.80. The largest absolute Gasteiger partial charge is 0.479 e. The average Bonchev–Trinajstić information content (AvgIpc) is 3.38. The number of alkyl carbamates (subject to hydrolysis) is 1. The van der Waals surface area contributed by atoms with Gasteiger partial charge >= 0.3 is 12.1 Å². The molecule has 3 N–H and O–H groups in total. The molecule has 3 rings (SSSR count). The minimum atomic E-state index is -2.36. The van der Waals surface area contributed by atoms with Gasteiger partial charge in [0.1, 0.15) is 0 Å². The van der Waals surface area contributed by atoms with Crippen LogP contribution in [0.3, 0.4) is 0 Å². The summed E-state index contributed by atoms with van der Waals surface area (Å²) in [5, 5.41) is 24.7. The fourth-order valence-corrected chi connectivity index (χ4v) is 7.44. The molecule has 1 fully saturated rings. The highest BCUT2D eigenvalue weighted by Crippen LogP contribution is 2.48. The normalized spacial score (nSPS) is 17.8. The molecule has 1 aliphatic heterocycles. The number of carbonyl (C=O) groups is 3. The number of allylic oxidation sites excluding steroid dienone is 1. The molecule has 2 aromatic rings. The molecular weight excluding hydrogens is 657 g/mol. The maximum atomic E-state index is 14.7. The van der Waals surface area contributed by atoms with E-state index in [9.17, 15) is 24.6 Å². The topological polar surface area (TPSA) is 125 Å². The van der Waals surface area contributed by atoms with Crippen molar-refractivity contribution in [2.24, 2.45) is 11.8 Å². The van der Waals surface area contributed by atoms with Crippen molar-refractivity contribution in [1.82, 2.24) is 10.2 Å². The molecule has 0 aromatic heterocycles. The molecule has 0 unspecified atom stereocenters. The van der Waals surface area contributed by atoms with Crippen LogP contribution in [0.4, 0.5) is 4.79 Å². The summed E-state index contributed by atoms with van der Waals surface area (Å²) in [4.78, 5) is 40.7. The number of carboxylic acid groups (broad SMARTS) is 1. The molecule has 3 atom stereocenters. The minimum Gasteiger partial charge on any atom is -0.479 e. The van der Waals surface area contributed by atoms with Crippen LogP contribution in [0, 0.1) is 11.8 Å². The Morgan fingerprint density at radius 2 is 1.63 bits per heavy atom. The van der Waals surface area contributed by atoms with E-state index >= 15 is 0 Å². The van der Waals surface area contributed by atoms with Crippen molar-refractivity contribution in [2.75, 3.05) is 13.2 Å². The van der Waals surface area contributed by atoms with Gasteiger partial charge in [0.25, 0.3) is 5.17 Å². The van der Waals surface area contributed by atoms with Gasteiger partial charge in [0.2, 0.25) is 5.91 Å². The zero-order valence-corrected chi connectivity index (χ0v) is 31.6. The molecule has 0 spiro atoms. The monoisotopic (exact) mass is 710 g/mol. The predicted molar refractivity (Wildman–Crippen MR) is 199 cm³/mol. The lowest BCUT2D eigenvalue weighted by Gasteiger charge is -2.39. The number of carboxylic acids is 1. The summed E-state index contributed by atoms with van der Waals surface area (Å²) in [5.41, 5.74) is -1.90. The van der Waals surface area contributed by atoms with E-state index in [1.165, 1.54) is 11.0 Å². The number of amides is 2. The highest BCUT2D eigenvalue weighted by atomic mass is 32.1. The molecular formula is C38H54N2O7SSi. The number of nitrogens with one attached hydrogen (secondary N) is 1. The third-order valence-electron chi connectivity index (χ3n) is 8.93. The van der Waals surface area contributed by atoms with Crippen LogP contribution >= 0.6 is 12.2 Å². The third kappa shape index (κ3) is 10.0. The lowest BCUT2D eigenvalue weighted by atomic mass is 9.75. The van der Waals surface area contributed by atoms with Gasteiger partial charge in [-0.15, -0.1) is 0 Å². The number of benzene rings is 2. The molecule has 11 heteroatoms. The number of thiocarbonyl (C=S) groups is 1. The Morgan fingerprint density at radius 1 is 1.04 bits per heavy atom. The molecule has 1 saturated heterocycles. The van der Waals surface area contributed by atoms with E-state index in [0.717, 1.165) is 36.4 Å². The molecule has 49 heavy (non-hydrogen) atoms. The Kier molecular flexibility index (Phi) is 14.6. The first-order valence-electron chi connectivity index (χ1n) is 17.4. The quantitative estimate of drug-likeness (QED) is 0.0629. The van der Waals surface area contributed by atoms with E-state index in [0.29, 0.717) is 26.0 Å². The second-order valence-corrected chi connectivity index (χ2v) is 20.3. The number of hydrogen-bond donors (Lipinski definition) is 3. The minimum absolute atomic E-state index is 0.0643. The summed E-state index contributed by atoms with van der Waals surface area (Å²) in [6, 6.07) is 19.5. The van der Waals surface area contributed by atoms with Crippen molar-refractivity contribution in [1.29, 1.82) is 0 Å². The number of aliphatic carboxylic acids is 1. The van der Waals surface area contributed by atoms with Crippen molar-refractivity contribution in [2.45, 2.75) is 102 Å². The van der Waals surface area contributed by atoms with Gasteiger partial charge in [-0.2, -0.15) is 0 Å². The summed E-state index contributed by atoms with van der Waals surface area (Å²) in [7, 11) is -1.27. The third-order valence-corrected chi connectivity index (χ3v) is 10.9. The number of ether oxygens (including phenoxy) is 2. The van der Waals surface area contributed by atoms with Crippen molar-refractivity contribution in [3.63, 3.8) is 0 Å². The zero-order valence-electron chi connectivity index (χ0n) is 29.8. The first-order valence-corrected chi connectivity index (χ1v) is 21.5. The van der Waals surface area contributed by atoms with Crippen LogP contribution in [0.25, 0.3) is 0 Å². The Morgan fingerprint density at radius 3 is 2.14 bits per heavy atom. The maximum Gasteiger partial charge on any atom is 0.407 e. The van der Waals surface area contributed by atoms with Gasteiger partial charge in [-0.3, -0.25) is 9.69 Å². The molecule has 1 aliphatic rings. The van der Waals surface area contributed by atoms with Crippen LogP contribution in [0.15, 0.2) is 72.8 Å². The van der Waals surface area contributed by atoms with Gasteiger partial charge in [0.15, 0.2) is 11.2 Å². The summed E-state index contributed by atoms with van der Waals surface area (Å²) in [6.45, 7) is 13.3. The van der Waals surface area contributed by atoms with Gasteiger partial charge in [-0.05, 0) is 49.9 Å². The van der Waals surface area contributed by atoms with E-state index in [4.69, 9.17) is 21.7 Å². The summed E-state index contributed by atoms with van der Waals surface area (Å²) >= 11 is 5.78. The van der Waals surface area contributed by atoms with Crippen molar-refractivity contribution >= 4 is 43.4 Å². The average molecular weight is 711 g/mol. The molecule has 0 saturated carbocycles. The Bertz CT molecular complexity index is 1390. The number of nitrogens with zero attached hydrogens (tertiary/aromatic N) is 1. The van der Waals surface area contributed by atoms with Crippen molar-refractivity contribution in [3.8, 4) is 0 Å². The van der Waals surface area contributed by atoms with Crippen molar-refractivity contribution < 1.29 is 34.1 Å². The molecule has 2 amide bonds. The molecule has 0 radical (unpaired) electrons. The Labute approximate surface area is 298 Å². The predicted octanol–water partition coefficient (Wildman–Crippen LogP) is 7.51. The fourth-order valence-electron chi connectivity index (χ4n) is 6.39. The standard InChI is InChI=1S/C38H54N2O7SSi/c1-7-24-37(45,34(42)43)31(23-17-9-8-10-18-25-39-35(44)46-26-27-49(4,5)6)33(41)40-32(28(2)3)38(47-36(40)48,29-19-13-11-14-20-29)30-21-15-12-16-22-30/h11-17,19-23,28,31-32,45H,7-10,18,24-27H2,1-6H3,(H,39,44)(H,42,43)/t31-,32+,37+/m1/s1. The van der Waals surface area contributed by atoms with E-state index in [1.54, 1.807) is 13.0 Å². The van der Waals surface area contributed by atoms with Gasteiger partial charge in [-0.1, -0.05) is 126 Å². The van der Waals surface area contributed by atoms with E-state index < -0.39 is 49.2 Å². The zero-order chi connectivity index (χ0) is 36.2. The number of rotatable bonds is 18. The maximum absolute atomic E-state index is 14.7. The summed E-state index contributed by atoms with van der Waals surface area (Å²) in [6.07, 6.45) is 5.93. The van der Waals surface area contributed by atoms with Crippen LogP contribution in [-0.2, 0) is 24.7 Å².